The summed E-state index contributed by atoms with van der Waals surface area (Å²) in [7, 11) is 0. The van der Waals surface area contributed by atoms with Crippen LogP contribution in [0.3, 0.4) is 0 Å². The predicted octanol–water partition coefficient (Wildman–Crippen LogP) is 2.30. The highest BCUT2D eigenvalue weighted by Crippen LogP contribution is 2.18. The number of nitrogens with two attached hydrogens (primary N) is 1. The minimum Gasteiger partial charge on any atom is -0.493 e. The number of alkyl halides is 1. The van der Waals surface area contributed by atoms with Gasteiger partial charge in [-0.2, -0.15) is 0 Å². The van der Waals surface area contributed by atoms with Crippen LogP contribution in [0.25, 0.3) is 0 Å². The van der Waals surface area contributed by atoms with Gasteiger partial charge in [-0.05, 0) is 30.2 Å². The Bertz CT molecular complexity index is 460. The van der Waals surface area contributed by atoms with Gasteiger partial charge in [0, 0.05) is 5.69 Å². The first kappa shape index (κ1) is 16.5. The van der Waals surface area contributed by atoms with Gasteiger partial charge in [0.05, 0.1) is 17.9 Å². The van der Waals surface area contributed by atoms with Crippen LogP contribution in [0.4, 0.5) is 5.69 Å². The first-order valence-corrected chi connectivity index (χ1v) is 7.28. The van der Waals surface area contributed by atoms with Gasteiger partial charge in [-0.3, -0.25) is 9.59 Å². The molecule has 0 aromatic heterocycles. The zero-order chi connectivity index (χ0) is 15.1. The van der Waals surface area contributed by atoms with Crippen LogP contribution in [0, 0.1) is 5.92 Å². The van der Waals surface area contributed by atoms with Crippen molar-refractivity contribution >= 4 is 33.4 Å². The third-order valence-electron chi connectivity index (χ3n) is 2.57. The average Bonchev–Trinajstić information content (AvgIpc) is 2.39. The van der Waals surface area contributed by atoms with Crippen molar-refractivity contribution in [3.05, 3.63) is 24.3 Å². The Kier molecular flexibility index (Phi) is 6.51. The van der Waals surface area contributed by atoms with E-state index in [0.717, 1.165) is 0 Å². The molecule has 1 unspecified atom stereocenters. The molecule has 0 fully saturated rings. The first-order valence-electron chi connectivity index (χ1n) is 6.36. The number of hydrogen-bond donors (Lipinski definition) is 2. The molecule has 0 bridgehead atoms. The van der Waals surface area contributed by atoms with E-state index in [-0.39, 0.29) is 29.7 Å². The van der Waals surface area contributed by atoms with Gasteiger partial charge in [0.25, 0.3) is 0 Å². The number of carbonyl (C=O) groups excluding carboxylic acids is 2. The number of hydrogen-bond acceptors (Lipinski definition) is 3. The molecule has 0 aliphatic carbocycles. The van der Waals surface area contributed by atoms with Crippen molar-refractivity contribution in [1.29, 1.82) is 0 Å². The van der Waals surface area contributed by atoms with Crippen molar-refractivity contribution in [2.45, 2.75) is 25.1 Å². The van der Waals surface area contributed by atoms with Gasteiger partial charge in [-0.15, -0.1) is 0 Å². The Morgan fingerprint density at radius 1 is 1.30 bits per heavy atom. The zero-order valence-corrected chi connectivity index (χ0v) is 13.1. The van der Waals surface area contributed by atoms with E-state index in [2.05, 4.69) is 21.2 Å². The van der Waals surface area contributed by atoms with Gasteiger partial charge in [0.1, 0.15) is 5.75 Å². The molecule has 1 atom stereocenters. The molecule has 1 aromatic carbocycles. The summed E-state index contributed by atoms with van der Waals surface area (Å²) in [5.74, 6) is 0.364. The van der Waals surface area contributed by atoms with Gasteiger partial charge in [-0.25, -0.2) is 0 Å². The minimum atomic E-state index is -0.397. The normalized spacial score (nSPS) is 12.0. The highest BCUT2D eigenvalue weighted by molar-refractivity contribution is 9.10. The van der Waals surface area contributed by atoms with Crippen LogP contribution in [-0.2, 0) is 9.59 Å². The maximum atomic E-state index is 11.8. The molecule has 0 aliphatic heterocycles. The molecule has 0 saturated carbocycles. The maximum absolute atomic E-state index is 11.8. The van der Waals surface area contributed by atoms with E-state index in [1.54, 1.807) is 24.3 Å². The van der Waals surface area contributed by atoms with Gasteiger partial charge in [0.15, 0.2) is 0 Å². The Balaban J connectivity index is 2.50. The second-order valence-electron chi connectivity index (χ2n) is 4.72. The lowest BCUT2D eigenvalue weighted by Crippen LogP contribution is -2.26. The Hall–Kier alpha value is -1.56. The molecule has 0 saturated heterocycles. The largest absolute Gasteiger partial charge is 0.493 e. The fourth-order valence-corrected chi connectivity index (χ4v) is 1.53. The smallest absolute Gasteiger partial charge is 0.238 e. The summed E-state index contributed by atoms with van der Waals surface area (Å²) in [5.41, 5.74) is 5.71. The molecule has 0 spiro atoms. The number of nitrogens with one attached hydrogen (secondary N) is 1. The summed E-state index contributed by atoms with van der Waals surface area (Å²) >= 11 is 3.35. The average molecular weight is 343 g/mol. The van der Waals surface area contributed by atoms with E-state index in [4.69, 9.17) is 10.5 Å². The van der Waals surface area contributed by atoms with E-state index >= 15 is 0 Å². The van der Waals surface area contributed by atoms with Gasteiger partial charge >= 0.3 is 0 Å². The lowest BCUT2D eigenvalue weighted by atomic mass is 10.1. The van der Waals surface area contributed by atoms with E-state index in [1.807, 2.05) is 13.8 Å². The molecule has 1 aromatic rings. The number of halogens is 1. The van der Waals surface area contributed by atoms with Crippen molar-refractivity contribution in [2.24, 2.45) is 11.7 Å². The minimum absolute atomic E-state index is 0.0811. The zero-order valence-electron chi connectivity index (χ0n) is 11.6. The summed E-state index contributed by atoms with van der Waals surface area (Å²) in [6, 6.07) is 6.96. The van der Waals surface area contributed by atoms with Gasteiger partial charge < -0.3 is 15.8 Å². The van der Waals surface area contributed by atoms with Crippen LogP contribution in [-0.4, -0.2) is 23.2 Å². The van der Waals surface area contributed by atoms with Crippen molar-refractivity contribution in [3.63, 3.8) is 0 Å². The van der Waals surface area contributed by atoms with Crippen molar-refractivity contribution < 1.29 is 14.3 Å². The summed E-state index contributed by atoms with van der Waals surface area (Å²) in [6.45, 7) is 4.18. The molecular weight excluding hydrogens is 324 g/mol. The highest BCUT2D eigenvalue weighted by Gasteiger charge is 2.18. The number of amides is 2. The predicted molar refractivity (Wildman–Crippen MR) is 81.9 cm³/mol. The Morgan fingerprint density at radius 2 is 1.90 bits per heavy atom. The molecule has 0 radical (unpaired) electrons. The molecule has 110 valence electrons. The van der Waals surface area contributed by atoms with Crippen molar-refractivity contribution in [2.75, 3.05) is 11.9 Å². The fraction of sp³-hybridized carbons (Fsp3) is 0.429. The Labute approximate surface area is 127 Å². The van der Waals surface area contributed by atoms with Crippen LogP contribution in [0.15, 0.2) is 24.3 Å². The summed E-state index contributed by atoms with van der Waals surface area (Å²) in [4.78, 5) is 22.2. The van der Waals surface area contributed by atoms with Crippen LogP contribution >= 0.6 is 15.9 Å². The number of primary amides is 1. The third kappa shape index (κ3) is 5.61. The monoisotopic (exact) mass is 342 g/mol. The lowest BCUT2D eigenvalue weighted by Gasteiger charge is -2.14. The second kappa shape index (κ2) is 7.89. The molecule has 0 aliphatic rings. The highest BCUT2D eigenvalue weighted by atomic mass is 79.9. The van der Waals surface area contributed by atoms with Crippen LogP contribution in [0.5, 0.6) is 5.75 Å². The van der Waals surface area contributed by atoms with Gasteiger partial charge in [-0.1, -0.05) is 29.8 Å². The lowest BCUT2D eigenvalue weighted by molar-refractivity contribution is -0.118. The standard InChI is InChI=1S/C14H19BrN2O3/c1-9(2)13(15)14(19)17-10-3-5-11(6-4-10)20-8-7-12(16)18/h3-6,9,13H,7-8H2,1-2H3,(H2,16,18)(H,17,19). The maximum Gasteiger partial charge on any atom is 0.238 e. The summed E-state index contributed by atoms with van der Waals surface area (Å²) < 4.78 is 5.34. The SMILES string of the molecule is CC(C)C(Br)C(=O)Nc1ccc(OCCC(N)=O)cc1. The van der Waals surface area contributed by atoms with E-state index < -0.39 is 5.91 Å². The number of benzene rings is 1. The molecule has 5 nitrogen and oxygen atoms in total. The second-order valence-corrected chi connectivity index (χ2v) is 5.71. The molecule has 1 rings (SSSR count). The molecule has 0 heterocycles. The first-order chi connectivity index (χ1) is 9.40. The molecule has 3 N–H and O–H groups in total. The fourth-order valence-electron chi connectivity index (χ4n) is 1.42. The number of anilines is 1. The molecule has 20 heavy (non-hydrogen) atoms. The van der Waals surface area contributed by atoms with E-state index in [1.165, 1.54) is 0 Å². The molecule has 2 amide bonds. The summed E-state index contributed by atoms with van der Waals surface area (Å²) in [6.07, 6.45) is 0.179. The van der Waals surface area contributed by atoms with Crippen LogP contribution < -0.4 is 15.8 Å². The molecule has 6 heteroatoms. The Morgan fingerprint density at radius 3 is 2.40 bits per heavy atom. The topological polar surface area (TPSA) is 81.4 Å². The van der Waals surface area contributed by atoms with E-state index in [9.17, 15) is 9.59 Å². The third-order valence-corrected chi connectivity index (χ3v) is 4.05. The summed E-state index contributed by atoms with van der Waals surface area (Å²) in [5, 5.41) is 2.81. The van der Waals surface area contributed by atoms with Crippen LogP contribution in [0.2, 0.25) is 0 Å². The number of rotatable bonds is 7. The van der Waals surface area contributed by atoms with Crippen LogP contribution in [0.1, 0.15) is 20.3 Å². The quantitative estimate of drug-likeness (QED) is 0.746. The van der Waals surface area contributed by atoms with Crippen molar-refractivity contribution in [1.82, 2.24) is 0 Å². The number of carbonyl (C=O) groups is 2. The van der Waals surface area contributed by atoms with Gasteiger partial charge in [0.2, 0.25) is 11.8 Å². The number of ether oxygens (including phenoxy) is 1. The molecular formula is C14H19BrN2O3. The van der Waals surface area contributed by atoms with E-state index in [0.29, 0.717) is 11.4 Å². The van der Waals surface area contributed by atoms with Crippen molar-refractivity contribution in [3.8, 4) is 5.75 Å².